The van der Waals surface area contributed by atoms with Crippen LogP contribution in [0.5, 0.6) is 0 Å². The van der Waals surface area contributed by atoms with Crippen LogP contribution in [0.1, 0.15) is 12.8 Å². The van der Waals surface area contributed by atoms with Gasteiger partial charge in [-0.05, 0) is 25.9 Å². The molecule has 0 aliphatic carbocycles. The third kappa shape index (κ3) is 4.24. The highest BCUT2D eigenvalue weighted by atomic mass is 16.1. The lowest BCUT2D eigenvalue weighted by Crippen LogP contribution is -2.36. The van der Waals surface area contributed by atoms with E-state index in [9.17, 15) is 4.79 Å². The Balaban J connectivity index is 1.91. The van der Waals surface area contributed by atoms with E-state index in [1.165, 1.54) is 25.9 Å². The first-order valence-electron chi connectivity index (χ1n) is 4.96. The Morgan fingerprint density at radius 3 is 2.69 bits per heavy atom. The van der Waals surface area contributed by atoms with Gasteiger partial charge in [0.2, 0.25) is 5.91 Å². The zero-order valence-corrected chi connectivity index (χ0v) is 8.31. The third-order valence-electron chi connectivity index (χ3n) is 2.37. The van der Waals surface area contributed by atoms with E-state index in [1.54, 1.807) is 7.05 Å². The number of rotatable bonds is 5. The highest BCUT2D eigenvalue weighted by Crippen LogP contribution is 2.05. The molecule has 1 heterocycles. The fraction of sp³-hybridized carbons (Fsp3) is 0.889. The average molecular weight is 185 g/mol. The van der Waals surface area contributed by atoms with Crippen molar-refractivity contribution in [3.05, 3.63) is 0 Å². The number of likely N-dealkylation sites (tertiary alicyclic amines) is 1. The number of amides is 1. The lowest BCUT2D eigenvalue weighted by molar-refractivity contribution is -0.119. The second-order valence-electron chi connectivity index (χ2n) is 3.40. The first-order chi connectivity index (χ1) is 6.33. The van der Waals surface area contributed by atoms with Crippen LogP contribution in [0.2, 0.25) is 0 Å². The van der Waals surface area contributed by atoms with Crippen molar-refractivity contribution in [2.75, 3.05) is 39.8 Å². The predicted molar refractivity (Wildman–Crippen MR) is 52.6 cm³/mol. The lowest BCUT2D eigenvalue weighted by Gasteiger charge is -2.14. The maximum Gasteiger partial charge on any atom is 0.233 e. The second-order valence-corrected chi connectivity index (χ2v) is 3.40. The fourth-order valence-corrected chi connectivity index (χ4v) is 1.53. The van der Waals surface area contributed by atoms with Gasteiger partial charge in [0.25, 0.3) is 0 Å². The first kappa shape index (κ1) is 10.5. The largest absolute Gasteiger partial charge is 0.358 e. The Hall–Kier alpha value is -0.610. The minimum atomic E-state index is 0.0569. The normalized spacial score (nSPS) is 17.6. The summed E-state index contributed by atoms with van der Waals surface area (Å²) in [4.78, 5) is 13.2. The van der Waals surface area contributed by atoms with Gasteiger partial charge in [0.1, 0.15) is 0 Å². The lowest BCUT2D eigenvalue weighted by atomic mass is 10.4. The molecule has 1 aliphatic rings. The summed E-state index contributed by atoms with van der Waals surface area (Å²) >= 11 is 0. The van der Waals surface area contributed by atoms with Crippen LogP contribution >= 0.6 is 0 Å². The van der Waals surface area contributed by atoms with Gasteiger partial charge in [0.15, 0.2) is 0 Å². The number of hydrogen-bond acceptors (Lipinski definition) is 3. The molecule has 1 fully saturated rings. The molecule has 4 heteroatoms. The van der Waals surface area contributed by atoms with Gasteiger partial charge in [-0.1, -0.05) is 0 Å². The number of likely N-dealkylation sites (N-methyl/N-ethyl adjacent to an activating group) is 1. The molecule has 0 saturated carbocycles. The van der Waals surface area contributed by atoms with Gasteiger partial charge in [0.05, 0.1) is 6.54 Å². The topological polar surface area (TPSA) is 44.4 Å². The molecular weight excluding hydrogens is 166 g/mol. The molecular formula is C9H19N3O. The van der Waals surface area contributed by atoms with Gasteiger partial charge in [-0.3, -0.25) is 4.79 Å². The van der Waals surface area contributed by atoms with Crippen molar-refractivity contribution in [2.45, 2.75) is 12.8 Å². The molecule has 1 rings (SSSR count). The zero-order valence-electron chi connectivity index (χ0n) is 8.31. The minimum Gasteiger partial charge on any atom is -0.358 e. The Labute approximate surface area is 79.7 Å². The Kier molecular flexibility index (Phi) is 4.78. The predicted octanol–water partition coefficient (Wildman–Crippen LogP) is -0.582. The second kappa shape index (κ2) is 5.94. The van der Waals surface area contributed by atoms with Gasteiger partial charge in [-0.25, -0.2) is 0 Å². The standard InChI is InChI=1S/C9H19N3O/c1-10-9(13)8-11-4-7-12-5-2-3-6-12/h11H,2-8H2,1H3,(H,10,13). The SMILES string of the molecule is CNC(=O)CNCCN1CCCC1. The molecule has 2 N–H and O–H groups in total. The molecule has 4 nitrogen and oxygen atoms in total. The number of nitrogens with one attached hydrogen (secondary N) is 2. The number of nitrogens with zero attached hydrogens (tertiary/aromatic N) is 1. The molecule has 1 saturated heterocycles. The zero-order chi connectivity index (χ0) is 9.52. The van der Waals surface area contributed by atoms with Crippen LogP contribution in [-0.4, -0.2) is 50.6 Å². The number of hydrogen-bond donors (Lipinski definition) is 2. The highest BCUT2D eigenvalue weighted by Gasteiger charge is 2.09. The van der Waals surface area contributed by atoms with Crippen LogP contribution in [0.4, 0.5) is 0 Å². The van der Waals surface area contributed by atoms with Crippen molar-refractivity contribution in [3.8, 4) is 0 Å². The molecule has 0 spiro atoms. The molecule has 0 radical (unpaired) electrons. The molecule has 0 aromatic carbocycles. The van der Waals surface area contributed by atoms with Gasteiger partial charge in [-0.2, -0.15) is 0 Å². The molecule has 0 aromatic heterocycles. The van der Waals surface area contributed by atoms with E-state index in [4.69, 9.17) is 0 Å². The fourth-order valence-electron chi connectivity index (χ4n) is 1.53. The Morgan fingerprint density at radius 2 is 2.08 bits per heavy atom. The van der Waals surface area contributed by atoms with Crippen LogP contribution in [0.25, 0.3) is 0 Å². The maximum absolute atomic E-state index is 10.8. The molecule has 1 amide bonds. The van der Waals surface area contributed by atoms with Crippen molar-refractivity contribution in [3.63, 3.8) is 0 Å². The van der Waals surface area contributed by atoms with E-state index in [0.29, 0.717) is 6.54 Å². The summed E-state index contributed by atoms with van der Waals surface area (Å²) in [6.07, 6.45) is 2.66. The van der Waals surface area contributed by atoms with E-state index in [2.05, 4.69) is 15.5 Å². The van der Waals surface area contributed by atoms with Crippen LogP contribution < -0.4 is 10.6 Å². The summed E-state index contributed by atoms with van der Waals surface area (Å²) in [6, 6.07) is 0. The summed E-state index contributed by atoms with van der Waals surface area (Å²) in [6.45, 7) is 4.86. The van der Waals surface area contributed by atoms with Crippen LogP contribution in [0.3, 0.4) is 0 Å². The monoisotopic (exact) mass is 185 g/mol. The molecule has 76 valence electrons. The van der Waals surface area contributed by atoms with E-state index in [1.807, 2.05) is 0 Å². The average Bonchev–Trinajstić information content (AvgIpc) is 2.64. The van der Waals surface area contributed by atoms with E-state index in [-0.39, 0.29) is 5.91 Å². The van der Waals surface area contributed by atoms with Crippen LogP contribution in [0.15, 0.2) is 0 Å². The summed E-state index contributed by atoms with van der Waals surface area (Å²) in [5.74, 6) is 0.0569. The van der Waals surface area contributed by atoms with Crippen LogP contribution in [0, 0.1) is 0 Å². The number of carbonyl (C=O) groups is 1. The summed E-state index contributed by atoms with van der Waals surface area (Å²) < 4.78 is 0. The van der Waals surface area contributed by atoms with E-state index in [0.717, 1.165) is 13.1 Å². The summed E-state index contributed by atoms with van der Waals surface area (Å²) in [5.41, 5.74) is 0. The molecule has 0 atom stereocenters. The minimum absolute atomic E-state index is 0.0569. The molecule has 0 aromatic rings. The van der Waals surface area contributed by atoms with E-state index >= 15 is 0 Å². The van der Waals surface area contributed by atoms with Gasteiger partial charge < -0.3 is 15.5 Å². The molecule has 0 unspecified atom stereocenters. The van der Waals surface area contributed by atoms with E-state index < -0.39 is 0 Å². The van der Waals surface area contributed by atoms with Crippen molar-refractivity contribution < 1.29 is 4.79 Å². The first-order valence-corrected chi connectivity index (χ1v) is 4.96. The van der Waals surface area contributed by atoms with Gasteiger partial charge in [-0.15, -0.1) is 0 Å². The molecule has 1 aliphatic heterocycles. The Bertz CT molecular complexity index is 155. The summed E-state index contributed by atoms with van der Waals surface area (Å²) in [7, 11) is 1.66. The van der Waals surface area contributed by atoms with Crippen LogP contribution in [-0.2, 0) is 4.79 Å². The summed E-state index contributed by atoms with van der Waals surface area (Å²) in [5, 5.41) is 5.69. The Morgan fingerprint density at radius 1 is 1.38 bits per heavy atom. The van der Waals surface area contributed by atoms with Gasteiger partial charge >= 0.3 is 0 Å². The van der Waals surface area contributed by atoms with Gasteiger partial charge in [0, 0.05) is 20.1 Å². The quantitative estimate of drug-likeness (QED) is 0.563. The molecule has 13 heavy (non-hydrogen) atoms. The highest BCUT2D eigenvalue weighted by molar-refractivity contribution is 5.77. The number of carbonyl (C=O) groups excluding carboxylic acids is 1. The van der Waals surface area contributed by atoms with Crippen molar-refractivity contribution in [1.82, 2.24) is 15.5 Å². The van der Waals surface area contributed by atoms with Crippen molar-refractivity contribution >= 4 is 5.91 Å². The smallest absolute Gasteiger partial charge is 0.233 e. The maximum atomic E-state index is 10.8. The molecule has 0 bridgehead atoms. The van der Waals surface area contributed by atoms with Crippen molar-refractivity contribution in [1.29, 1.82) is 0 Å². The third-order valence-corrected chi connectivity index (χ3v) is 2.37. The van der Waals surface area contributed by atoms with Crippen molar-refractivity contribution in [2.24, 2.45) is 0 Å².